The van der Waals surface area contributed by atoms with Gasteiger partial charge < -0.3 is 15.8 Å². The Morgan fingerprint density at radius 1 is 1.23 bits per heavy atom. The number of ketones is 1. The van der Waals surface area contributed by atoms with Gasteiger partial charge in [0.05, 0.1) is 46.2 Å². The van der Waals surface area contributed by atoms with Crippen LogP contribution in [0.3, 0.4) is 0 Å². The largest absolute Gasteiger partial charge is 0.497 e. The molecule has 1 aliphatic heterocycles. The highest BCUT2D eigenvalue weighted by Crippen LogP contribution is 2.47. The number of anilines is 2. The summed E-state index contributed by atoms with van der Waals surface area (Å²) in [5.41, 5.74) is 9.25. The number of nitrogens with two attached hydrogens (primary N) is 1. The van der Waals surface area contributed by atoms with Gasteiger partial charge >= 0.3 is 0 Å². The lowest BCUT2D eigenvalue weighted by Gasteiger charge is -2.38. The maximum absolute atomic E-state index is 13.3. The molecule has 0 spiro atoms. The van der Waals surface area contributed by atoms with Crippen molar-refractivity contribution in [2.75, 3.05) is 23.1 Å². The van der Waals surface area contributed by atoms with Crippen LogP contribution in [0.2, 0.25) is 10.0 Å². The summed E-state index contributed by atoms with van der Waals surface area (Å²) in [4.78, 5) is 27.5. The number of carbonyl (C=O) groups is 2. The Labute approximate surface area is 248 Å². The maximum Gasteiger partial charge on any atom is 0.234 e. The predicted molar refractivity (Wildman–Crippen MR) is 157 cm³/mol. The van der Waals surface area contributed by atoms with Gasteiger partial charge in [0.2, 0.25) is 11.0 Å². The van der Waals surface area contributed by atoms with Crippen LogP contribution in [0, 0.1) is 11.3 Å². The third-order valence-electron chi connectivity index (χ3n) is 6.50. The number of para-hydroxylation sites is 1. The molecular weight excluding hydrogens is 591 g/mol. The normalized spacial score (nSPS) is 17.0. The van der Waals surface area contributed by atoms with Crippen LogP contribution in [-0.2, 0) is 9.59 Å². The summed E-state index contributed by atoms with van der Waals surface area (Å²) in [6.07, 6.45) is 1.64. The number of halogens is 2. The molecule has 0 saturated heterocycles. The highest BCUT2D eigenvalue weighted by atomic mass is 35.5. The van der Waals surface area contributed by atoms with Gasteiger partial charge in [-0.25, -0.2) is 0 Å². The predicted octanol–water partition coefficient (Wildman–Crippen LogP) is 5.89. The number of hydrogen-bond donors (Lipinski definition) is 2. The first-order valence-electron chi connectivity index (χ1n) is 12.1. The Morgan fingerprint density at radius 2 is 1.95 bits per heavy atom. The van der Waals surface area contributed by atoms with E-state index in [9.17, 15) is 14.9 Å². The van der Waals surface area contributed by atoms with Gasteiger partial charge in [-0.3, -0.25) is 14.5 Å². The molecular formula is C27H22Cl2N6O3S2. The molecule has 204 valence electrons. The summed E-state index contributed by atoms with van der Waals surface area (Å²) in [5, 5.41) is 22.5. The van der Waals surface area contributed by atoms with E-state index in [1.54, 1.807) is 42.3 Å². The number of Topliss-reactive ketones (excluding diaryl/α,β-unsaturated/α-hetero) is 1. The minimum Gasteiger partial charge on any atom is -0.497 e. The Kier molecular flexibility index (Phi) is 8.32. The summed E-state index contributed by atoms with van der Waals surface area (Å²) < 4.78 is 5.79. The first-order valence-corrected chi connectivity index (χ1v) is 14.7. The number of ether oxygens (including phenoxy) is 1. The van der Waals surface area contributed by atoms with Crippen molar-refractivity contribution in [3.63, 3.8) is 0 Å². The number of benzene rings is 2. The monoisotopic (exact) mass is 612 g/mol. The van der Waals surface area contributed by atoms with Crippen molar-refractivity contribution in [1.82, 2.24) is 10.2 Å². The lowest BCUT2D eigenvalue weighted by molar-refractivity contribution is -0.116. The summed E-state index contributed by atoms with van der Waals surface area (Å²) in [5.74, 6) is -0.0138. The molecule has 1 atom stereocenters. The van der Waals surface area contributed by atoms with Crippen molar-refractivity contribution in [2.45, 2.75) is 29.5 Å². The molecule has 1 aromatic heterocycles. The first-order chi connectivity index (χ1) is 19.3. The number of rotatable bonds is 7. The molecule has 2 heterocycles. The standard InChI is InChI=1S/C27H22Cl2N6O3S2/c1-38-15-10-8-14(9-11-15)22-16(12-30)25(31)35(19-6-3-7-20(36)23(19)22)26-33-34-27(40-26)39-13-21(37)32-24-17(28)4-2-5-18(24)29/h2,4-5,8-11,22H,3,6-7,13,31H2,1H3,(H,32,37). The van der Waals surface area contributed by atoms with Crippen LogP contribution in [-0.4, -0.2) is 34.8 Å². The van der Waals surface area contributed by atoms with E-state index in [2.05, 4.69) is 21.6 Å². The van der Waals surface area contributed by atoms with Gasteiger partial charge in [-0.05, 0) is 42.7 Å². The number of allylic oxidation sites excluding steroid dienone is 3. The minimum absolute atomic E-state index is 0.0265. The molecule has 0 fully saturated rings. The first kappa shape index (κ1) is 28.0. The van der Waals surface area contributed by atoms with Gasteiger partial charge in [0.15, 0.2) is 10.1 Å². The van der Waals surface area contributed by atoms with E-state index < -0.39 is 5.92 Å². The number of amides is 1. The third-order valence-corrected chi connectivity index (χ3v) is 9.18. The van der Waals surface area contributed by atoms with Crippen LogP contribution in [0.25, 0.3) is 0 Å². The molecule has 0 saturated carbocycles. The average molecular weight is 614 g/mol. The molecule has 0 bridgehead atoms. The lowest BCUT2D eigenvalue weighted by Crippen LogP contribution is -2.38. The molecule has 3 aromatic rings. The zero-order chi connectivity index (χ0) is 28.4. The van der Waals surface area contributed by atoms with Gasteiger partial charge in [-0.15, -0.1) is 10.2 Å². The van der Waals surface area contributed by atoms with Crippen molar-refractivity contribution >= 4 is 68.8 Å². The fourth-order valence-corrected chi connectivity index (χ4v) is 6.88. The highest BCUT2D eigenvalue weighted by molar-refractivity contribution is 8.01. The van der Waals surface area contributed by atoms with Crippen LogP contribution in [0.5, 0.6) is 5.75 Å². The molecule has 40 heavy (non-hydrogen) atoms. The molecule has 1 aliphatic carbocycles. The number of nitrogens with one attached hydrogen (secondary N) is 1. The number of methoxy groups -OCH3 is 1. The van der Waals surface area contributed by atoms with Gasteiger partial charge in [0, 0.05) is 17.7 Å². The molecule has 2 aliphatic rings. The van der Waals surface area contributed by atoms with Gasteiger partial charge in [-0.2, -0.15) is 5.26 Å². The van der Waals surface area contributed by atoms with Crippen molar-refractivity contribution in [3.05, 3.63) is 80.7 Å². The summed E-state index contributed by atoms with van der Waals surface area (Å²) in [6.45, 7) is 0. The molecule has 3 N–H and O–H groups in total. The van der Waals surface area contributed by atoms with Crippen molar-refractivity contribution in [1.29, 1.82) is 5.26 Å². The number of thioether (sulfide) groups is 1. The SMILES string of the molecule is COc1ccc(C2C(C#N)=C(N)N(c3nnc(SCC(=O)Nc4c(Cl)cccc4Cl)s3)C3=C2C(=O)CCC3)cc1. The van der Waals surface area contributed by atoms with E-state index in [0.29, 0.717) is 61.5 Å². The van der Waals surface area contributed by atoms with E-state index in [-0.39, 0.29) is 28.8 Å². The highest BCUT2D eigenvalue weighted by Gasteiger charge is 2.41. The smallest absolute Gasteiger partial charge is 0.234 e. The van der Waals surface area contributed by atoms with Crippen LogP contribution in [0.15, 0.2) is 69.5 Å². The molecule has 2 aromatic carbocycles. The summed E-state index contributed by atoms with van der Waals surface area (Å²) in [6, 6.07) is 14.5. The van der Waals surface area contributed by atoms with Crippen molar-refractivity contribution in [2.24, 2.45) is 5.73 Å². The minimum atomic E-state index is -0.586. The van der Waals surface area contributed by atoms with Crippen molar-refractivity contribution in [3.8, 4) is 11.8 Å². The summed E-state index contributed by atoms with van der Waals surface area (Å²) >= 11 is 14.7. The summed E-state index contributed by atoms with van der Waals surface area (Å²) in [7, 11) is 1.58. The Balaban J connectivity index is 1.42. The second-order valence-electron chi connectivity index (χ2n) is 8.87. The quantitative estimate of drug-likeness (QED) is 0.313. The van der Waals surface area contributed by atoms with Crippen LogP contribution >= 0.6 is 46.3 Å². The van der Waals surface area contributed by atoms with Crippen molar-refractivity contribution < 1.29 is 14.3 Å². The molecule has 13 heteroatoms. The van der Waals surface area contributed by atoms with Gasteiger partial charge in [0.1, 0.15) is 11.6 Å². The number of nitriles is 1. The van der Waals surface area contributed by atoms with E-state index in [1.807, 2.05) is 12.1 Å². The van der Waals surface area contributed by atoms with E-state index in [4.69, 9.17) is 33.7 Å². The van der Waals surface area contributed by atoms with Gasteiger partial charge in [0.25, 0.3) is 0 Å². The van der Waals surface area contributed by atoms with Crippen LogP contribution < -0.4 is 20.7 Å². The second-order valence-corrected chi connectivity index (χ2v) is 11.9. The topological polar surface area (TPSA) is 134 Å². The van der Waals surface area contributed by atoms with E-state index >= 15 is 0 Å². The number of hydrogen-bond acceptors (Lipinski definition) is 10. The van der Waals surface area contributed by atoms with E-state index in [0.717, 1.165) is 5.56 Å². The zero-order valence-electron chi connectivity index (χ0n) is 21.1. The fourth-order valence-electron chi connectivity index (χ4n) is 4.71. The molecule has 5 rings (SSSR count). The van der Waals surface area contributed by atoms with Crippen LogP contribution in [0.1, 0.15) is 30.7 Å². The maximum atomic E-state index is 13.3. The molecule has 9 nitrogen and oxygen atoms in total. The number of aromatic nitrogens is 2. The second kappa shape index (κ2) is 11.9. The Hall–Kier alpha value is -3.56. The Morgan fingerprint density at radius 3 is 2.62 bits per heavy atom. The lowest BCUT2D eigenvalue weighted by atomic mass is 9.76. The number of nitrogens with zero attached hydrogens (tertiary/aromatic N) is 4. The average Bonchev–Trinajstić information content (AvgIpc) is 3.42. The third kappa shape index (κ3) is 5.40. The Bertz CT molecular complexity index is 1580. The molecule has 1 unspecified atom stereocenters. The van der Waals surface area contributed by atoms with Gasteiger partial charge in [-0.1, -0.05) is 64.5 Å². The van der Waals surface area contributed by atoms with Crippen LogP contribution in [0.4, 0.5) is 10.8 Å². The zero-order valence-corrected chi connectivity index (χ0v) is 24.3. The molecule has 0 radical (unpaired) electrons. The van der Waals surface area contributed by atoms with E-state index in [1.165, 1.54) is 23.1 Å². The fraction of sp³-hybridized carbons (Fsp3) is 0.222. The number of carbonyl (C=O) groups excluding carboxylic acids is 2. The molecule has 1 amide bonds.